The van der Waals surface area contributed by atoms with Crippen LogP contribution in [-0.2, 0) is 16.1 Å². The van der Waals surface area contributed by atoms with E-state index in [-0.39, 0.29) is 0 Å². The molecular formula is C28H39N5O3. The van der Waals surface area contributed by atoms with E-state index in [2.05, 4.69) is 39.2 Å². The molecule has 0 amide bonds. The smallest absolute Gasteiger partial charge is 0.229 e. The third kappa shape index (κ3) is 6.75. The van der Waals surface area contributed by atoms with Gasteiger partial charge in [0.1, 0.15) is 18.2 Å². The lowest BCUT2D eigenvalue weighted by atomic mass is 9.97. The molecule has 36 heavy (non-hydrogen) atoms. The molecule has 0 atom stereocenters. The second-order valence-electron chi connectivity index (χ2n) is 10.00. The Morgan fingerprint density at radius 2 is 1.86 bits per heavy atom. The minimum absolute atomic E-state index is 0.468. The first-order valence-corrected chi connectivity index (χ1v) is 13.4. The first-order chi connectivity index (χ1) is 17.7. The van der Waals surface area contributed by atoms with Gasteiger partial charge >= 0.3 is 0 Å². The number of aromatic nitrogens is 2. The van der Waals surface area contributed by atoms with Crippen molar-refractivity contribution in [2.24, 2.45) is 5.92 Å². The largest absolute Gasteiger partial charge is 0.492 e. The molecular weight excluding hydrogens is 454 g/mol. The highest BCUT2D eigenvalue weighted by atomic mass is 16.5. The van der Waals surface area contributed by atoms with Crippen LogP contribution in [0, 0.1) is 12.8 Å². The van der Waals surface area contributed by atoms with E-state index in [4.69, 9.17) is 19.2 Å². The molecule has 194 valence electrons. The molecule has 0 unspecified atom stereocenters. The van der Waals surface area contributed by atoms with Crippen molar-refractivity contribution in [2.75, 3.05) is 69.4 Å². The molecule has 5 heterocycles. The number of rotatable bonds is 4. The summed E-state index contributed by atoms with van der Waals surface area (Å²) in [6.45, 7) is 10.5. The van der Waals surface area contributed by atoms with Crippen molar-refractivity contribution in [2.45, 2.75) is 39.2 Å². The van der Waals surface area contributed by atoms with E-state index in [1.807, 2.05) is 24.4 Å². The maximum absolute atomic E-state index is 6.20. The lowest BCUT2D eigenvalue weighted by molar-refractivity contribution is 0.110. The van der Waals surface area contributed by atoms with Crippen LogP contribution in [0.25, 0.3) is 0 Å². The van der Waals surface area contributed by atoms with Gasteiger partial charge in [-0.25, -0.2) is 4.98 Å². The standard InChI is InChI=1S/C28H39N5O3/c1-22-19-29-28-30-25-6-7-26(36-17-14-32-10-2-3-11-32)24(18-25)21-35-16-5-4-15-34-20-23-8-12-33(13-9-23)27(22)31-28/h4-7,18-19,23H,2-3,8-17,20-21H2,1H3,(H,29,30,31)/b5-4+. The van der Waals surface area contributed by atoms with Crippen molar-refractivity contribution in [3.63, 3.8) is 0 Å². The van der Waals surface area contributed by atoms with Crippen molar-refractivity contribution in [1.82, 2.24) is 14.9 Å². The molecule has 1 N–H and O–H groups in total. The summed E-state index contributed by atoms with van der Waals surface area (Å²) in [5.74, 6) is 3.08. The molecule has 0 aliphatic carbocycles. The second kappa shape index (κ2) is 12.5. The van der Waals surface area contributed by atoms with Crippen LogP contribution < -0.4 is 15.0 Å². The molecule has 0 spiro atoms. The minimum atomic E-state index is 0.468. The number of benzene rings is 1. The van der Waals surface area contributed by atoms with Gasteiger partial charge in [0.15, 0.2) is 0 Å². The van der Waals surface area contributed by atoms with Crippen LogP contribution >= 0.6 is 0 Å². The highest BCUT2D eigenvalue weighted by Crippen LogP contribution is 2.28. The summed E-state index contributed by atoms with van der Waals surface area (Å²) in [6.07, 6.45) is 10.8. The van der Waals surface area contributed by atoms with Crippen LogP contribution in [0.1, 0.15) is 36.8 Å². The molecule has 0 saturated carbocycles. The number of anilines is 3. The van der Waals surface area contributed by atoms with Gasteiger partial charge in [0.2, 0.25) is 5.95 Å². The first kappa shape index (κ1) is 25.0. The summed E-state index contributed by atoms with van der Waals surface area (Å²) < 4.78 is 18.1. The summed E-state index contributed by atoms with van der Waals surface area (Å²) >= 11 is 0. The van der Waals surface area contributed by atoms with E-state index < -0.39 is 0 Å². The van der Waals surface area contributed by atoms with Crippen molar-refractivity contribution in [1.29, 1.82) is 0 Å². The van der Waals surface area contributed by atoms with Crippen LogP contribution in [0.3, 0.4) is 0 Å². The Morgan fingerprint density at radius 1 is 1.06 bits per heavy atom. The van der Waals surface area contributed by atoms with Crippen LogP contribution in [0.5, 0.6) is 5.75 Å². The highest BCUT2D eigenvalue weighted by molar-refractivity contribution is 5.59. The molecule has 1 aromatic heterocycles. The summed E-state index contributed by atoms with van der Waals surface area (Å²) in [4.78, 5) is 14.3. The Balaban J connectivity index is 1.33. The van der Waals surface area contributed by atoms with Gasteiger partial charge in [-0.2, -0.15) is 4.98 Å². The lowest BCUT2D eigenvalue weighted by Gasteiger charge is -2.33. The summed E-state index contributed by atoms with van der Waals surface area (Å²) in [5, 5.41) is 3.41. The van der Waals surface area contributed by atoms with Crippen LogP contribution in [-0.4, -0.2) is 74.0 Å². The number of hydrogen-bond acceptors (Lipinski definition) is 8. The van der Waals surface area contributed by atoms with Crippen molar-refractivity contribution >= 4 is 17.5 Å². The van der Waals surface area contributed by atoms with Gasteiger partial charge < -0.3 is 24.4 Å². The Bertz CT molecular complexity index is 1020. The SMILES string of the molecule is Cc1cnc2nc1N1CCC(CC1)COC/C=C/COCc1cc(ccc1OCCN1CCCC1)N2. The Hall–Kier alpha value is -2.68. The molecule has 0 radical (unpaired) electrons. The van der Waals surface area contributed by atoms with Gasteiger partial charge in [0, 0.05) is 49.3 Å². The third-order valence-corrected chi connectivity index (χ3v) is 7.25. The Morgan fingerprint density at radius 3 is 2.69 bits per heavy atom. The molecule has 4 aliphatic heterocycles. The maximum Gasteiger partial charge on any atom is 0.229 e. The van der Waals surface area contributed by atoms with Crippen molar-refractivity contribution in [3.8, 4) is 5.75 Å². The molecule has 1 aromatic carbocycles. The number of nitrogens with zero attached hydrogens (tertiary/aromatic N) is 4. The number of fused-ring (bicyclic) bond motifs is 8. The molecule has 8 nitrogen and oxygen atoms in total. The number of hydrogen-bond donors (Lipinski definition) is 1. The van der Waals surface area contributed by atoms with Crippen LogP contribution in [0.15, 0.2) is 36.5 Å². The van der Waals surface area contributed by atoms with Gasteiger partial charge in [-0.15, -0.1) is 0 Å². The topological polar surface area (TPSA) is 72.0 Å². The average molecular weight is 494 g/mol. The molecule has 4 aliphatic rings. The summed E-state index contributed by atoms with van der Waals surface area (Å²) in [7, 11) is 0. The minimum Gasteiger partial charge on any atom is -0.492 e. The number of piperidine rings is 1. The highest BCUT2D eigenvalue weighted by Gasteiger charge is 2.22. The zero-order valence-electron chi connectivity index (χ0n) is 21.5. The van der Waals surface area contributed by atoms with Gasteiger partial charge in [0.05, 0.1) is 19.8 Å². The maximum atomic E-state index is 6.20. The molecule has 6 rings (SSSR count). The number of aryl methyl sites for hydroxylation is 1. The van der Waals surface area contributed by atoms with E-state index in [1.54, 1.807) is 0 Å². The monoisotopic (exact) mass is 493 g/mol. The quantitative estimate of drug-likeness (QED) is 0.632. The van der Waals surface area contributed by atoms with Crippen LogP contribution in [0.4, 0.5) is 17.5 Å². The van der Waals surface area contributed by atoms with E-state index in [0.29, 0.717) is 38.3 Å². The van der Waals surface area contributed by atoms with Crippen molar-refractivity contribution < 1.29 is 14.2 Å². The fourth-order valence-electron chi connectivity index (χ4n) is 5.13. The normalized spacial score (nSPS) is 20.9. The summed E-state index contributed by atoms with van der Waals surface area (Å²) in [5.41, 5.74) is 3.04. The van der Waals surface area contributed by atoms with Gasteiger partial charge in [-0.05, 0) is 69.8 Å². The third-order valence-electron chi connectivity index (χ3n) is 7.25. The number of nitrogens with one attached hydrogen (secondary N) is 1. The predicted molar refractivity (Wildman–Crippen MR) is 142 cm³/mol. The zero-order valence-corrected chi connectivity index (χ0v) is 21.5. The fourth-order valence-corrected chi connectivity index (χ4v) is 5.13. The number of ether oxygens (including phenoxy) is 3. The van der Waals surface area contributed by atoms with Crippen molar-refractivity contribution in [3.05, 3.63) is 47.7 Å². The number of likely N-dealkylation sites (tertiary alicyclic amines) is 1. The molecule has 2 fully saturated rings. The zero-order chi connectivity index (χ0) is 24.6. The molecule has 6 bridgehead atoms. The van der Waals surface area contributed by atoms with E-state index in [0.717, 1.165) is 67.5 Å². The molecule has 8 heteroatoms. The first-order valence-electron chi connectivity index (χ1n) is 13.4. The predicted octanol–water partition coefficient (Wildman–Crippen LogP) is 4.32. The van der Waals surface area contributed by atoms with Gasteiger partial charge in [0.25, 0.3) is 0 Å². The van der Waals surface area contributed by atoms with Gasteiger partial charge in [-0.1, -0.05) is 12.2 Å². The van der Waals surface area contributed by atoms with E-state index in [1.165, 1.54) is 25.9 Å². The van der Waals surface area contributed by atoms with Crippen LogP contribution in [0.2, 0.25) is 0 Å². The molecule has 2 saturated heterocycles. The van der Waals surface area contributed by atoms with E-state index >= 15 is 0 Å². The van der Waals surface area contributed by atoms with Gasteiger partial charge in [-0.3, -0.25) is 4.90 Å². The fraction of sp³-hybridized carbons (Fsp3) is 0.571. The van der Waals surface area contributed by atoms with E-state index in [9.17, 15) is 0 Å². The Labute approximate surface area is 214 Å². The average Bonchev–Trinajstić information content (AvgIpc) is 3.41. The lowest BCUT2D eigenvalue weighted by Crippen LogP contribution is -2.36. The Kier molecular flexibility index (Phi) is 8.69. The second-order valence-corrected chi connectivity index (χ2v) is 10.00. The summed E-state index contributed by atoms with van der Waals surface area (Å²) in [6, 6.07) is 6.14. The molecule has 2 aromatic rings.